The maximum absolute atomic E-state index is 14.0. The summed E-state index contributed by atoms with van der Waals surface area (Å²) in [6.07, 6.45) is -3.98. The maximum Gasteiger partial charge on any atom is 0.417 e. The molecule has 3 rings (SSSR count). The number of halogens is 7. The fourth-order valence-electron chi connectivity index (χ4n) is 2.59. The molecular weight excluding hydrogens is 502 g/mol. The summed E-state index contributed by atoms with van der Waals surface area (Å²) in [5.74, 6) is -3.23. The molecule has 1 N–H and O–H groups in total. The quantitative estimate of drug-likeness (QED) is 0.352. The van der Waals surface area contributed by atoms with E-state index in [9.17, 15) is 35.2 Å². The zero-order valence-corrected chi connectivity index (χ0v) is 17.7. The standard InChI is InChI=1S/C19H9Cl2F5N2O3S/c20-9-5-16(17(27-8-9)18(29)12-6-10(22)1-4-15(12)23)28-32(30,31)11-2-3-14(21)13(7-11)19(24,25)26/h1-8,28H. The van der Waals surface area contributed by atoms with E-state index >= 15 is 0 Å². The number of nitrogens with one attached hydrogen (secondary N) is 1. The van der Waals surface area contributed by atoms with E-state index in [0.29, 0.717) is 18.2 Å². The lowest BCUT2D eigenvalue weighted by molar-refractivity contribution is -0.137. The van der Waals surface area contributed by atoms with Gasteiger partial charge in [0.05, 0.1) is 31.8 Å². The zero-order chi connectivity index (χ0) is 23.8. The third-order valence-electron chi connectivity index (χ3n) is 4.04. The Labute approximate surface area is 187 Å². The van der Waals surface area contributed by atoms with Crippen molar-refractivity contribution in [1.29, 1.82) is 0 Å². The minimum absolute atomic E-state index is 0.147. The van der Waals surface area contributed by atoms with Crippen LogP contribution in [0.1, 0.15) is 21.6 Å². The monoisotopic (exact) mass is 510 g/mol. The van der Waals surface area contributed by atoms with Gasteiger partial charge < -0.3 is 0 Å². The Bertz CT molecular complexity index is 1330. The molecular formula is C19H9Cl2F5N2O3S. The highest BCUT2D eigenvalue weighted by Gasteiger charge is 2.35. The first-order valence-electron chi connectivity index (χ1n) is 8.34. The number of carbonyl (C=O) groups excluding carboxylic acids is 1. The van der Waals surface area contributed by atoms with Crippen LogP contribution in [-0.2, 0) is 16.2 Å². The van der Waals surface area contributed by atoms with Gasteiger partial charge in [-0.25, -0.2) is 22.2 Å². The molecule has 0 aliphatic carbocycles. The topological polar surface area (TPSA) is 76.1 Å². The van der Waals surface area contributed by atoms with Crippen LogP contribution >= 0.6 is 23.2 Å². The molecule has 13 heteroatoms. The van der Waals surface area contributed by atoms with Crippen LogP contribution in [0, 0.1) is 11.6 Å². The molecule has 0 fully saturated rings. The number of anilines is 1. The van der Waals surface area contributed by atoms with Crippen molar-refractivity contribution in [3.05, 3.63) is 87.2 Å². The lowest BCUT2D eigenvalue weighted by Crippen LogP contribution is -2.18. The van der Waals surface area contributed by atoms with Crippen LogP contribution in [0.25, 0.3) is 0 Å². The normalized spacial score (nSPS) is 12.0. The Morgan fingerprint density at radius 3 is 2.34 bits per heavy atom. The van der Waals surface area contributed by atoms with Gasteiger partial charge in [-0.1, -0.05) is 23.2 Å². The highest BCUT2D eigenvalue weighted by atomic mass is 35.5. The lowest BCUT2D eigenvalue weighted by Gasteiger charge is -2.14. The summed E-state index contributed by atoms with van der Waals surface area (Å²) in [6, 6.07) is 4.84. The number of hydrogen-bond acceptors (Lipinski definition) is 4. The summed E-state index contributed by atoms with van der Waals surface area (Å²) in [5.41, 5.74) is -3.36. The van der Waals surface area contributed by atoms with Gasteiger partial charge >= 0.3 is 6.18 Å². The van der Waals surface area contributed by atoms with Crippen molar-refractivity contribution in [3.63, 3.8) is 0 Å². The van der Waals surface area contributed by atoms with E-state index in [1.807, 2.05) is 4.72 Å². The van der Waals surface area contributed by atoms with Gasteiger partial charge in [0.25, 0.3) is 10.0 Å². The number of alkyl halides is 3. The van der Waals surface area contributed by atoms with Gasteiger partial charge in [0.2, 0.25) is 5.78 Å². The van der Waals surface area contributed by atoms with Crippen LogP contribution < -0.4 is 4.72 Å². The van der Waals surface area contributed by atoms with E-state index < -0.39 is 66.0 Å². The second-order valence-electron chi connectivity index (χ2n) is 6.25. The molecule has 0 radical (unpaired) electrons. The fourth-order valence-corrected chi connectivity index (χ4v) is 4.06. The first kappa shape index (κ1) is 23.9. The highest BCUT2D eigenvalue weighted by molar-refractivity contribution is 7.92. The molecule has 2 aromatic carbocycles. The number of carbonyl (C=O) groups is 1. The molecule has 0 unspecified atom stereocenters. The summed E-state index contributed by atoms with van der Waals surface area (Å²) >= 11 is 11.3. The first-order chi connectivity index (χ1) is 14.8. The second kappa shape index (κ2) is 8.64. The molecule has 5 nitrogen and oxygen atoms in total. The van der Waals surface area contributed by atoms with E-state index in [-0.39, 0.29) is 5.02 Å². The van der Waals surface area contributed by atoms with Gasteiger partial charge in [0.15, 0.2) is 0 Å². The predicted molar refractivity (Wildman–Crippen MR) is 106 cm³/mol. The van der Waals surface area contributed by atoms with Gasteiger partial charge in [-0.2, -0.15) is 13.2 Å². The number of ketones is 1. The first-order valence-corrected chi connectivity index (χ1v) is 10.6. The van der Waals surface area contributed by atoms with Crippen LogP contribution in [0.5, 0.6) is 0 Å². The molecule has 0 spiro atoms. The van der Waals surface area contributed by atoms with Crippen LogP contribution in [0.4, 0.5) is 27.6 Å². The third-order valence-corrected chi connectivity index (χ3v) is 5.94. The Hall–Kier alpha value is -2.76. The van der Waals surface area contributed by atoms with Crippen LogP contribution in [0.15, 0.2) is 53.6 Å². The van der Waals surface area contributed by atoms with Gasteiger partial charge in [-0.3, -0.25) is 9.52 Å². The number of benzene rings is 2. The molecule has 0 aliphatic heterocycles. The lowest BCUT2D eigenvalue weighted by atomic mass is 10.1. The number of pyridine rings is 1. The van der Waals surface area contributed by atoms with Crippen molar-refractivity contribution < 1.29 is 35.2 Å². The largest absolute Gasteiger partial charge is 0.417 e. The smallest absolute Gasteiger partial charge is 0.287 e. The summed E-state index contributed by atoms with van der Waals surface area (Å²) in [7, 11) is -4.71. The molecule has 3 aromatic rings. The molecule has 0 saturated heterocycles. The van der Waals surface area contributed by atoms with Crippen molar-refractivity contribution in [2.24, 2.45) is 0 Å². The molecule has 0 saturated carbocycles. The average Bonchev–Trinajstić information content (AvgIpc) is 2.68. The van der Waals surface area contributed by atoms with E-state index in [4.69, 9.17) is 23.2 Å². The molecule has 0 atom stereocenters. The Morgan fingerprint density at radius 2 is 1.69 bits per heavy atom. The highest BCUT2D eigenvalue weighted by Crippen LogP contribution is 2.36. The molecule has 1 aromatic heterocycles. The maximum atomic E-state index is 14.0. The van der Waals surface area contributed by atoms with Crippen molar-refractivity contribution in [2.75, 3.05) is 4.72 Å². The minimum atomic E-state index is -4.93. The van der Waals surface area contributed by atoms with Crippen molar-refractivity contribution in [3.8, 4) is 0 Å². The zero-order valence-electron chi connectivity index (χ0n) is 15.3. The van der Waals surface area contributed by atoms with Gasteiger partial charge in [0, 0.05) is 6.20 Å². The Kier molecular flexibility index (Phi) is 6.45. The predicted octanol–water partition coefficient (Wildman–Crippen LogP) is 5.72. The van der Waals surface area contributed by atoms with Crippen LogP contribution in [0.2, 0.25) is 10.0 Å². The van der Waals surface area contributed by atoms with Crippen molar-refractivity contribution in [1.82, 2.24) is 4.98 Å². The van der Waals surface area contributed by atoms with Crippen molar-refractivity contribution >= 4 is 44.7 Å². The molecule has 0 bridgehead atoms. The SMILES string of the molecule is O=C(c1cc(F)ccc1F)c1ncc(Cl)cc1NS(=O)(=O)c1ccc(Cl)c(C(F)(F)F)c1. The fraction of sp³-hybridized carbons (Fsp3) is 0.0526. The van der Waals surface area contributed by atoms with Crippen LogP contribution in [0.3, 0.4) is 0 Å². The van der Waals surface area contributed by atoms with E-state index in [2.05, 4.69) is 4.98 Å². The number of rotatable bonds is 5. The van der Waals surface area contributed by atoms with Gasteiger partial charge in [0.1, 0.15) is 17.3 Å². The second-order valence-corrected chi connectivity index (χ2v) is 8.77. The molecule has 0 aliphatic rings. The molecule has 32 heavy (non-hydrogen) atoms. The van der Waals surface area contributed by atoms with E-state index in [1.54, 1.807) is 0 Å². The average molecular weight is 511 g/mol. The molecule has 0 amide bonds. The number of nitrogens with zero attached hydrogens (tertiary/aromatic N) is 1. The summed E-state index contributed by atoms with van der Waals surface area (Å²) < 4.78 is 94.0. The Morgan fingerprint density at radius 1 is 1.00 bits per heavy atom. The number of hydrogen-bond donors (Lipinski definition) is 1. The summed E-state index contributed by atoms with van der Waals surface area (Å²) in [5, 5.41) is -0.871. The molecule has 168 valence electrons. The molecule has 1 heterocycles. The van der Waals surface area contributed by atoms with E-state index in [0.717, 1.165) is 30.5 Å². The van der Waals surface area contributed by atoms with Crippen molar-refractivity contribution in [2.45, 2.75) is 11.1 Å². The number of sulfonamides is 1. The summed E-state index contributed by atoms with van der Waals surface area (Å²) in [6.45, 7) is 0. The van der Waals surface area contributed by atoms with Gasteiger partial charge in [-0.15, -0.1) is 0 Å². The van der Waals surface area contributed by atoms with E-state index in [1.165, 1.54) is 0 Å². The third kappa shape index (κ3) is 5.00. The minimum Gasteiger partial charge on any atom is -0.287 e. The summed E-state index contributed by atoms with van der Waals surface area (Å²) in [4.78, 5) is 15.5. The number of aromatic nitrogens is 1. The van der Waals surface area contributed by atoms with Gasteiger partial charge in [-0.05, 0) is 42.5 Å². The van der Waals surface area contributed by atoms with Crippen LogP contribution in [-0.4, -0.2) is 19.2 Å². The Balaban J connectivity index is 2.07.